The van der Waals surface area contributed by atoms with Gasteiger partial charge in [0.1, 0.15) is 6.61 Å². The van der Waals surface area contributed by atoms with Crippen LogP contribution in [0, 0.1) is 10.1 Å². The number of nitrogens with zero attached hydrogens (tertiary/aromatic N) is 1. The van der Waals surface area contributed by atoms with E-state index in [9.17, 15) is 14.9 Å². The summed E-state index contributed by atoms with van der Waals surface area (Å²) in [6.07, 6.45) is 0. The summed E-state index contributed by atoms with van der Waals surface area (Å²) in [4.78, 5) is 23.0. The number of esters is 1. The van der Waals surface area contributed by atoms with Gasteiger partial charge >= 0.3 is 11.7 Å². The second kappa shape index (κ2) is 9.36. The zero-order valence-electron chi connectivity index (χ0n) is 15.8. The van der Waals surface area contributed by atoms with Crippen LogP contribution in [0.4, 0.5) is 17.1 Å². The molecular formula is C22H20N2O5. The van der Waals surface area contributed by atoms with Crippen LogP contribution in [0.3, 0.4) is 0 Å². The van der Waals surface area contributed by atoms with E-state index in [-0.39, 0.29) is 24.7 Å². The number of anilines is 2. The summed E-state index contributed by atoms with van der Waals surface area (Å²) in [5, 5.41) is 14.6. The van der Waals surface area contributed by atoms with Gasteiger partial charge in [-0.15, -0.1) is 0 Å². The highest BCUT2D eigenvalue weighted by atomic mass is 16.6. The minimum Gasteiger partial charge on any atom is -0.480 e. The Kier molecular flexibility index (Phi) is 6.42. The van der Waals surface area contributed by atoms with Crippen LogP contribution in [-0.2, 0) is 11.3 Å². The van der Waals surface area contributed by atoms with Gasteiger partial charge in [0.05, 0.1) is 22.8 Å². The van der Waals surface area contributed by atoms with E-state index < -0.39 is 10.9 Å². The summed E-state index contributed by atoms with van der Waals surface area (Å²) >= 11 is 0. The Morgan fingerprint density at radius 1 is 1.03 bits per heavy atom. The summed E-state index contributed by atoms with van der Waals surface area (Å²) in [5.74, 6) is -0.307. The number of nitrogens with one attached hydrogen (secondary N) is 1. The molecule has 0 aliphatic carbocycles. The zero-order chi connectivity index (χ0) is 20.6. The summed E-state index contributed by atoms with van der Waals surface area (Å²) in [7, 11) is 0. The van der Waals surface area contributed by atoms with Gasteiger partial charge in [0.2, 0.25) is 5.75 Å². The number of hydrogen-bond acceptors (Lipinski definition) is 6. The first-order valence-electron chi connectivity index (χ1n) is 9.07. The zero-order valence-corrected chi connectivity index (χ0v) is 15.8. The second-order valence-corrected chi connectivity index (χ2v) is 6.11. The van der Waals surface area contributed by atoms with E-state index in [4.69, 9.17) is 9.47 Å². The smallest absolute Gasteiger partial charge is 0.338 e. The Morgan fingerprint density at radius 2 is 1.79 bits per heavy atom. The van der Waals surface area contributed by atoms with E-state index in [0.717, 1.165) is 5.56 Å². The number of ether oxygens (including phenoxy) is 2. The molecule has 0 bridgehead atoms. The fraction of sp³-hybridized carbons (Fsp3) is 0.136. The first kappa shape index (κ1) is 19.9. The maximum atomic E-state index is 12.0. The Morgan fingerprint density at radius 3 is 2.52 bits per heavy atom. The molecule has 3 rings (SSSR count). The van der Waals surface area contributed by atoms with Crippen LogP contribution >= 0.6 is 0 Å². The highest BCUT2D eigenvalue weighted by Crippen LogP contribution is 2.37. The van der Waals surface area contributed by atoms with Crippen molar-refractivity contribution < 1.29 is 19.2 Å². The van der Waals surface area contributed by atoms with E-state index in [1.165, 1.54) is 6.07 Å². The van der Waals surface area contributed by atoms with E-state index >= 15 is 0 Å². The predicted octanol–water partition coefficient (Wildman–Crippen LogP) is 5.09. The molecule has 3 aromatic carbocycles. The number of rotatable bonds is 8. The third-order valence-electron chi connectivity index (χ3n) is 4.07. The van der Waals surface area contributed by atoms with Crippen molar-refractivity contribution in [2.24, 2.45) is 0 Å². The molecule has 0 heterocycles. The number of benzene rings is 3. The van der Waals surface area contributed by atoms with Crippen LogP contribution in [0.2, 0.25) is 0 Å². The lowest BCUT2D eigenvalue weighted by molar-refractivity contribution is -0.385. The molecule has 0 saturated heterocycles. The average Bonchev–Trinajstić information content (AvgIpc) is 2.73. The largest absolute Gasteiger partial charge is 0.480 e. The van der Waals surface area contributed by atoms with E-state index in [1.807, 2.05) is 30.3 Å². The van der Waals surface area contributed by atoms with E-state index in [2.05, 4.69) is 5.32 Å². The van der Waals surface area contributed by atoms with Crippen molar-refractivity contribution in [3.63, 3.8) is 0 Å². The third kappa shape index (κ3) is 5.10. The Labute approximate surface area is 168 Å². The van der Waals surface area contributed by atoms with E-state index in [1.54, 1.807) is 43.3 Å². The molecule has 29 heavy (non-hydrogen) atoms. The lowest BCUT2D eigenvalue weighted by Crippen LogP contribution is -2.05. The quantitative estimate of drug-likeness (QED) is 0.326. The highest BCUT2D eigenvalue weighted by molar-refractivity contribution is 5.91. The van der Waals surface area contributed by atoms with Gasteiger partial charge in [-0.05, 0) is 36.8 Å². The van der Waals surface area contributed by atoms with Crippen LogP contribution in [-0.4, -0.2) is 17.5 Å². The summed E-state index contributed by atoms with van der Waals surface area (Å²) < 4.78 is 10.8. The fourth-order valence-corrected chi connectivity index (χ4v) is 2.74. The van der Waals surface area contributed by atoms with Crippen LogP contribution < -0.4 is 10.1 Å². The van der Waals surface area contributed by atoms with Gasteiger partial charge < -0.3 is 14.8 Å². The van der Waals surface area contributed by atoms with Gasteiger partial charge in [0.15, 0.2) is 0 Å². The Balaban J connectivity index is 1.89. The summed E-state index contributed by atoms with van der Waals surface area (Å²) in [6, 6.07) is 20.8. The van der Waals surface area contributed by atoms with Crippen LogP contribution in [0.5, 0.6) is 5.75 Å². The number of carbonyl (C=O) groups is 1. The molecule has 0 aromatic heterocycles. The van der Waals surface area contributed by atoms with Crippen molar-refractivity contribution in [2.75, 3.05) is 11.9 Å². The highest BCUT2D eigenvalue weighted by Gasteiger charge is 2.20. The maximum Gasteiger partial charge on any atom is 0.338 e. The molecule has 0 fully saturated rings. The van der Waals surface area contributed by atoms with E-state index in [0.29, 0.717) is 16.9 Å². The maximum absolute atomic E-state index is 12.0. The lowest BCUT2D eigenvalue weighted by Gasteiger charge is -2.14. The minimum atomic E-state index is -0.486. The molecule has 148 valence electrons. The normalized spacial score (nSPS) is 10.2. The minimum absolute atomic E-state index is 0.128. The van der Waals surface area contributed by atoms with Crippen molar-refractivity contribution in [1.82, 2.24) is 0 Å². The molecule has 0 aliphatic heterocycles. The third-order valence-corrected chi connectivity index (χ3v) is 4.07. The second-order valence-electron chi connectivity index (χ2n) is 6.11. The Hall–Kier alpha value is -3.87. The van der Waals surface area contributed by atoms with Crippen molar-refractivity contribution in [2.45, 2.75) is 13.5 Å². The molecule has 0 spiro atoms. The lowest BCUT2D eigenvalue weighted by atomic mass is 10.2. The molecule has 7 heteroatoms. The van der Waals surface area contributed by atoms with Gasteiger partial charge in [0, 0.05) is 11.8 Å². The molecule has 0 radical (unpaired) electrons. The molecule has 0 amide bonds. The van der Waals surface area contributed by atoms with Gasteiger partial charge in [-0.3, -0.25) is 10.1 Å². The van der Waals surface area contributed by atoms with Gasteiger partial charge in [-0.1, -0.05) is 42.5 Å². The first-order valence-corrected chi connectivity index (χ1v) is 9.07. The Bertz CT molecular complexity index is 1010. The van der Waals surface area contributed by atoms with Gasteiger partial charge in [-0.2, -0.15) is 0 Å². The first-order chi connectivity index (χ1) is 14.1. The van der Waals surface area contributed by atoms with Crippen molar-refractivity contribution in [3.05, 3.63) is 94.0 Å². The van der Waals surface area contributed by atoms with Crippen molar-refractivity contribution in [1.29, 1.82) is 0 Å². The molecule has 0 unspecified atom stereocenters. The number of nitro groups is 1. The van der Waals surface area contributed by atoms with Crippen LogP contribution in [0.1, 0.15) is 22.8 Å². The molecule has 0 atom stereocenters. The van der Waals surface area contributed by atoms with Gasteiger partial charge in [0.25, 0.3) is 0 Å². The monoisotopic (exact) mass is 392 g/mol. The molecular weight excluding hydrogens is 372 g/mol. The standard InChI is InChI=1S/C22H20N2O5/c1-2-28-22(25)17-10-6-11-18(14-17)23-19-12-7-13-20(24(26)27)21(19)29-15-16-8-4-3-5-9-16/h3-14,23H,2,15H2,1H3. The van der Waals surface area contributed by atoms with Crippen molar-refractivity contribution in [3.8, 4) is 5.75 Å². The fourth-order valence-electron chi connectivity index (χ4n) is 2.74. The van der Waals surface area contributed by atoms with Crippen molar-refractivity contribution >= 4 is 23.0 Å². The van der Waals surface area contributed by atoms with Gasteiger partial charge in [-0.25, -0.2) is 4.79 Å². The molecule has 7 nitrogen and oxygen atoms in total. The molecule has 1 N–H and O–H groups in total. The number of carbonyl (C=O) groups excluding carboxylic acids is 1. The number of nitro benzene ring substituents is 1. The molecule has 0 aliphatic rings. The number of para-hydroxylation sites is 1. The molecule has 0 saturated carbocycles. The topological polar surface area (TPSA) is 90.7 Å². The summed E-state index contributed by atoms with van der Waals surface area (Å²) in [6.45, 7) is 2.20. The molecule has 3 aromatic rings. The number of hydrogen-bond donors (Lipinski definition) is 1. The SMILES string of the molecule is CCOC(=O)c1cccc(Nc2cccc([N+](=O)[O-])c2OCc2ccccc2)c1. The predicted molar refractivity (Wildman–Crippen MR) is 110 cm³/mol. The van der Waals surface area contributed by atoms with Crippen LogP contribution in [0.25, 0.3) is 0 Å². The summed E-state index contributed by atoms with van der Waals surface area (Å²) in [5.41, 5.74) is 2.14. The van der Waals surface area contributed by atoms with Crippen LogP contribution in [0.15, 0.2) is 72.8 Å². The average molecular weight is 392 g/mol.